The van der Waals surface area contributed by atoms with Gasteiger partial charge in [0.1, 0.15) is 11.6 Å². The van der Waals surface area contributed by atoms with Crippen LogP contribution >= 0.6 is 11.8 Å². The number of aliphatic hydroxyl groups excluding tert-OH is 1. The summed E-state index contributed by atoms with van der Waals surface area (Å²) in [6.07, 6.45) is 0. The molecule has 0 saturated carbocycles. The first kappa shape index (κ1) is 12.9. The van der Waals surface area contributed by atoms with E-state index in [4.69, 9.17) is 5.11 Å². The van der Waals surface area contributed by atoms with E-state index in [9.17, 15) is 13.6 Å². The molecule has 0 atom stereocenters. The Bertz CT molecular complexity index is 374. The third-order valence-electron chi connectivity index (χ3n) is 1.67. The van der Waals surface area contributed by atoms with Crippen LogP contribution < -0.4 is 5.32 Å². The number of benzene rings is 1. The molecule has 0 fully saturated rings. The first-order chi connectivity index (χ1) is 7.63. The van der Waals surface area contributed by atoms with Crippen molar-refractivity contribution in [3.05, 3.63) is 29.8 Å². The maximum atomic E-state index is 13.1. The summed E-state index contributed by atoms with van der Waals surface area (Å²) >= 11 is 1.23. The standard InChI is InChI=1S/C10H11F2NO2S/c11-7-1-2-9(8(12)5-7)13-10(15)6-16-4-3-14/h1-2,5,14H,3-4,6H2,(H,13,15). The molecule has 0 aromatic heterocycles. The Balaban J connectivity index is 2.49. The molecule has 0 spiro atoms. The Hall–Kier alpha value is -1.14. The third kappa shape index (κ3) is 4.16. The molecule has 0 heterocycles. The lowest BCUT2D eigenvalue weighted by Crippen LogP contribution is -2.15. The molecule has 0 radical (unpaired) electrons. The van der Waals surface area contributed by atoms with Crippen LogP contribution in [0.1, 0.15) is 0 Å². The highest BCUT2D eigenvalue weighted by molar-refractivity contribution is 7.99. The summed E-state index contributed by atoms with van der Waals surface area (Å²) in [4.78, 5) is 11.3. The van der Waals surface area contributed by atoms with Crippen molar-refractivity contribution in [1.29, 1.82) is 0 Å². The van der Waals surface area contributed by atoms with Gasteiger partial charge < -0.3 is 10.4 Å². The average molecular weight is 247 g/mol. The third-order valence-corrected chi connectivity index (χ3v) is 2.61. The van der Waals surface area contributed by atoms with E-state index in [2.05, 4.69) is 5.32 Å². The number of anilines is 1. The minimum absolute atomic E-state index is 0.0111. The Morgan fingerprint density at radius 1 is 1.44 bits per heavy atom. The van der Waals surface area contributed by atoms with Gasteiger partial charge in [0.05, 0.1) is 18.0 Å². The second kappa shape index (κ2) is 6.44. The quantitative estimate of drug-likeness (QED) is 0.777. The zero-order valence-corrected chi connectivity index (χ0v) is 9.19. The monoisotopic (exact) mass is 247 g/mol. The van der Waals surface area contributed by atoms with E-state index < -0.39 is 11.6 Å². The molecule has 3 nitrogen and oxygen atoms in total. The van der Waals surface area contributed by atoms with Crippen molar-refractivity contribution in [2.24, 2.45) is 0 Å². The number of hydrogen-bond acceptors (Lipinski definition) is 3. The van der Waals surface area contributed by atoms with Gasteiger partial charge in [-0.1, -0.05) is 0 Å². The molecule has 0 unspecified atom stereocenters. The van der Waals surface area contributed by atoms with Crippen molar-refractivity contribution in [1.82, 2.24) is 0 Å². The summed E-state index contributed by atoms with van der Waals surface area (Å²) in [6, 6.07) is 2.94. The largest absolute Gasteiger partial charge is 0.396 e. The van der Waals surface area contributed by atoms with E-state index in [1.165, 1.54) is 17.8 Å². The maximum Gasteiger partial charge on any atom is 0.234 e. The molecule has 1 aromatic rings. The maximum absolute atomic E-state index is 13.1. The molecule has 0 aliphatic heterocycles. The van der Waals surface area contributed by atoms with Gasteiger partial charge in [-0.15, -0.1) is 11.8 Å². The highest BCUT2D eigenvalue weighted by Gasteiger charge is 2.07. The van der Waals surface area contributed by atoms with Crippen LogP contribution in [-0.4, -0.2) is 29.1 Å². The Kier molecular flexibility index (Phi) is 5.21. The van der Waals surface area contributed by atoms with Crippen molar-refractivity contribution < 1.29 is 18.7 Å². The number of carbonyl (C=O) groups is 1. The Morgan fingerprint density at radius 2 is 2.19 bits per heavy atom. The number of halogens is 2. The highest BCUT2D eigenvalue weighted by atomic mass is 32.2. The second-order valence-electron chi connectivity index (χ2n) is 2.95. The van der Waals surface area contributed by atoms with E-state index in [-0.39, 0.29) is 24.0 Å². The van der Waals surface area contributed by atoms with Gasteiger partial charge in [0.25, 0.3) is 0 Å². The summed E-state index contributed by atoms with van der Waals surface area (Å²) in [7, 11) is 0. The lowest BCUT2D eigenvalue weighted by molar-refractivity contribution is -0.113. The molecule has 1 amide bonds. The Morgan fingerprint density at radius 3 is 2.81 bits per heavy atom. The molecular weight excluding hydrogens is 236 g/mol. The zero-order chi connectivity index (χ0) is 12.0. The summed E-state index contributed by atoms with van der Waals surface area (Å²) in [6.45, 7) is -0.0111. The van der Waals surface area contributed by atoms with Crippen molar-refractivity contribution in [3.63, 3.8) is 0 Å². The molecule has 0 bridgehead atoms. The van der Waals surface area contributed by atoms with Crippen LogP contribution in [0.25, 0.3) is 0 Å². The Labute approximate surface area is 95.9 Å². The number of nitrogens with one attached hydrogen (secondary N) is 1. The first-order valence-electron chi connectivity index (χ1n) is 4.57. The van der Waals surface area contributed by atoms with Crippen LogP contribution in [0.3, 0.4) is 0 Å². The normalized spacial score (nSPS) is 10.2. The van der Waals surface area contributed by atoms with Gasteiger partial charge in [-0.3, -0.25) is 4.79 Å². The van der Waals surface area contributed by atoms with E-state index in [0.29, 0.717) is 11.8 Å². The van der Waals surface area contributed by atoms with Crippen LogP contribution in [0.5, 0.6) is 0 Å². The van der Waals surface area contributed by atoms with Gasteiger partial charge in [-0.05, 0) is 12.1 Å². The molecule has 2 N–H and O–H groups in total. The highest BCUT2D eigenvalue weighted by Crippen LogP contribution is 2.15. The minimum atomic E-state index is -0.805. The van der Waals surface area contributed by atoms with Crippen LogP contribution in [-0.2, 0) is 4.79 Å². The van der Waals surface area contributed by atoms with Crippen LogP contribution in [0.2, 0.25) is 0 Å². The van der Waals surface area contributed by atoms with Crippen molar-refractivity contribution in [3.8, 4) is 0 Å². The topological polar surface area (TPSA) is 49.3 Å². The molecular formula is C10H11F2NO2S. The fraction of sp³-hybridized carbons (Fsp3) is 0.300. The van der Waals surface area contributed by atoms with Gasteiger partial charge in [0, 0.05) is 11.8 Å². The summed E-state index contributed by atoms with van der Waals surface area (Å²) in [5.41, 5.74) is -0.0454. The van der Waals surface area contributed by atoms with Gasteiger partial charge in [0.15, 0.2) is 0 Å². The predicted molar refractivity (Wildman–Crippen MR) is 59.4 cm³/mol. The van der Waals surface area contributed by atoms with Gasteiger partial charge in [-0.2, -0.15) is 0 Å². The van der Waals surface area contributed by atoms with Crippen LogP contribution in [0.4, 0.5) is 14.5 Å². The van der Waals surface area contributed by atoms with E-state index in [0.717, 1.165) is 6.07 Å². The van der Waals surface area contributed by atoms with Gasteiger partial charge in [-0.25, -0.2) is 8.78 Å². The molecule has 16 heavy (non-hydrogen) atoms. The summed E-state index contributed by atoms with van der Waals surface area (Å²) in [5.74, 6) is -1.31. The number of rotatable bonds is 5. The fourth-order valence-electron chi connectivity index (χ4n) is 1.01. The minimum Gasteiger partial charge on any atom is -0.396 e. The lowest BCUT2D eigenvalue weighted by atomic mass is 10.3. The fourth-order valence-corrected chi connectivity index (χ4v) is 1.54. The second-order valence-corrected chi connectivity index (χ2v) is 4.05. The van der Waals surface area contributed by atoms with Crippen LogP contribution in [0.15, 0.2) is 18.2 Å². The summed E-state index contributed by atoms with van der Waals surface area (Å²) in [5, 5.41) is 10.8. The van der Waals surface area contributed by atoms with Gasteiger partial charge in [0.2, 0.25) is 5.91 Å². The van der Waals surface area contributed by atoms with E-state index in [1.807, 2.05) is 0 Å². The van der Waals surface area contributed by atoms with Crippen molar-refractivity contribution in [2.75, 3.05) is 23.4 Å². The van der Waals surface area contributed by atoms with Gasteiger partial charge >= 0.3 is 0 Å². The number of carbonyl (C=O) groups excluding carboxylic acids is 1. The predicted octanol–water partition coefficient (Wildman–Crippen LogP) is 1.63. The number of amides is 1. The number of hydrogen-bond donors (Lipinski definition) is 2. The number of aliphatic hydroxyl groups is 1. The zero-order valence-electron chi connectivity index (χ0n) is 8.37. The SMILES string of the molecule is O=C(CSCCO)Nc1ccc(F)cc1F. The molecule has 0 aliphatic carbocycles. The lowest BCUT2D eigenvalue weighted by Gasteiger charge is -2.05. The van der Waals surface area contributed by atoms with Crippen LogP contribution in [0, 0.1) is 11.6 Å². The molecule has 88 valence electrons. The molecule has 1 rings (SSSR count). The molecule has 1 aromatic carbocycles. The first-order valence-corrected chi connectivity index (χ1v) is 5.72. The average Bonchev–Trinajstić information content (AvgIpc) is 2.23. The molecule has 6 heteroatoms. The molecule has 0 saturated heterocycles. The van der Waals surface area contributed by atoms with Crippen molar-refractivity contribution >= 4 is 23.4 Å². The molecule has 0 aliphatic rings. The summed E-state index contributed by atoms with van der Waals surface area (Å²) < 4.78 is 25.6. The number of thioether (sulfide) groups is 1. The van der Waals surface area contributed by atoms with E-state index in [1.54, 1.807) is 0 Å². The van der Waals surface area contributed by atoms with E-state index >= 15 is 0 Å². The van der Waals surface area contributed by atoms with Crippen molar-refractivity contribution in [2.45, 2.75) is 0 Å². The smallest absolute Gasteiger partial charge is 0.234 e.